The number of likely N-dealkylation sites (tertiary alicyclic amines) is 1. The first-order chi connectivity index (χ1) is 27.8. The summed E-state index contributed by atoms with van der Waals surface area (Å²) in [5.74, 6) is -2.80. The standard InChI is InChI=1S/C45H69N5O8S/c1-7-17-33(36(51)39(53)46-31-20-21-31)47-38(52)35-34-32(44(34,6)28-58-27-30-18-11-8-12-19-30)26-50(35)40(54)37(43(5)22-13-9-14-23-43)48-41(55)49-45(24-15-10-16-25-45)29-59(56,57)42(2,3)4/h8,11-12,18-19,31-35,37H,7,9-10,13-17,20-29H2,1-6H3,(H,46,53)(H,47,52)(H2,48,49,55)/t32-,33?,34-,35-,37+,44+/m0/s1. The van der Waals surface area contributed by atoms with E-state index in [1.165, 1.54) is 0 Å². The van der Waals surface area contributed by atoms with Crippen LogP contribution in [0.3, 0.4) is 0 Å². The number of amides is 5. The number of carbonyl (C=O) groups is 5. The Bertz CT molecular complexity index is 1820. The number of nitrogens with zero attached hydrogens (tertiary/aromatic N) is 1. The predicted octanol–water partition coefficient (Wildman–Crippen LogP) is 5.35. The minimum atomic E-state index is -3.59. The van der Waals surface area contributed by atoms with Gasteiger partial charge in [0, 0.05) is 23.9 Å². The lowest BCUT2D eigenvalue weighted by molar-refractivity contribution is -0.146. The van der Waals surface area contributed by atoms with Crippen molar-refractivity contribution in [2.45, 2.75) is 172 Å². The maximum absolute atomic E-state index is 15.2. The highest BCUT2D eigenvalue weighted by Gasteiger charge is 2.72. The van der Waals surface area contributed by atoms with Gasteiger partial charge in [0.05, 0.1) is 35.3 Å². The number of nitrogens with one attached hydrogen (secondary N) is 4. The number of carbonyl (C=O) groups excluding carboxylic acids is 5. The van der Waals surface area contributed by atoms with E-state index in [9.17, 15) is 27.6 Å². The highest BCUT2D eigenvalue weighted by molar-refractivity contribution is 7.92. The molecular formula is C45H69N5O8S. The molecule has 4 aliphatic carbocycles. The van der Waals surface area contributed by atoms with Crippen LogP contribution in [0.4, 0.5) is 4.79 Å². The third-order valence-electron chi connectivity index (χ3n) is 14.2. The maximum atomic E-state index is 15.2. The number of piperidine rings is 1. The summed E-state index contributed by atoms with van der Waals surface area (Å²) in [5, 5.41) is 11.9. The van der Waals surface area contributed by atoms with Gasteiger partial charge in [-0.3, -0.25) is 19.2 Å². The minimum Gasteiger partial charge on any atom is -0.376 e. The SMILES string of the molecule is CCCC(NC(=O)[C@@H]1[C@@H]2[C@H](CN1C(=O)[C@@H](NC(=O)NC1(CS(=O)(=O)C(C)(C)C)CCCCC1)C1(C)CCCCC1)[C@@]2(C)COCc1ccccc1)C(=O)C(=O)NC1CC1. The largest absolute Gasteiger partial charge is 0.376 e. The number of fused-ring (bicyclic) bond motifs is 1. The second-order valence-electron chi connectivity index (χ2n) is 20.0. The molecule has 1 aromatic rings. The summed E-state index contributed by atoms with van der Waals surface area (Å²) in [5.41, 5.74) is -0.998. The van der Waals surface area contributed by atoms with Gasteiger partial charge in [-0.15, -0.1) is 0 Å². The molecule has 328 valence electrons. The van der Waals surface area contributed by atoms with E-state index >= 15 is 4.79 Å². The molecule has 59 heavy (non-hydrogen) atoms. The van der Waals surface area contributed by atoms with Gasteiger partial charge in [0.2, 0.25) is 17.6 Å². The first-order valence-electron chi connectivity index (χ1n) is 22.2. The van der Waals surface area contributed by atoms with Gasteiger partial charge in [-0.25, -0.2) is 13.2 Å². The van der Waals surface area contributed by atoms with E-state index in [1.807, 2.05) is 44.2 Å². The number of benzene rings is 1. The van der Waals surface area contributed by atoms with Crippen LogP contribution in [0, 0.1) is 22.7 Å². The molecule has 1 saturated heterocycles. The lowest BCUT2D eigenvalue weighted by atomic mass is 9.70. The molecule has 0 aromatic heterocycles. The van der Waals surface area contributed by atoms with Gasteiger partial charge in [-0.05, 0) is 82.6 Å². The molecule has 0 radical (unpaired) electrons. The summed E-state index contributed by atoms with van der Waals surface area (Å²) in [4.78, 5) is 72.1. The minimum absolute atomic E-state index is 0.0186. The normalized spacial score (nSPS) is 27.1. The highest BCUT2D eigenvalue weighted by Crippen LogP contribution is 2.65. The van der Waals surface area contributed by atoms with Gasteiger partial charge in [-0.1, -0.05) is 96.0 Å². The molecule has 1 heterocycles. The second-order valence-corrected chi connectivity index (χ2v) is 22.7. The quantitative estimate of drug-likeness (QED) is 0.152. The van der Waals surface area contributed by atoms with Gasteiger partial charge < -0.3 is 30.9 Å². The Morgan fingerprint density at radius 1 is 0.898 bits per heavy atom. The molecular weight excluding hydrogens is 771 g/mol. The second kappa shape index (κ2) is 17.8. The van der Waals surface area contributed by atoms with Crippen molar-refractivity contribution < 1.29 is 37.1 Å². The molecule has 1 aliphatic heterocycles. The average molecular weight is 840 g/mol. The van der Waals surface area contributed by atoms with Crippen molar-refractivity contribution >= 4 is 39.4 Å². The molecule has 14 heteroatoms. The van der Waals surface area contributed by atoms with E-state index in [-0.39, 0.29) is 42.5 Å². The monoisotopic (exact) mass is 839 g/mol. The molecule has 1 unspecified atom stereocenters. The fraction of sp³-hybridized carbons (Fsp3) is 0.756. The number of sulfone groups is 1. The zero-order valence-electron chi connectivity index (χ0n) is 36.2. The van der Waals surface area contributed by atoms with Crippen LogP contribution in [-0.2, 0) is 40.4 Å². The van der Waals surface area contributed by atoms with Gasteiger partial charge in [-0.2, -0.15) is 0 Å². The van der Waals surface area contributed by atoms with E-state index in [1.54, 1.807) is 25.7 Å². The maximum Gasteiger partial charge on any atom is 0.315 e. The Morgan fingerprint density at radius 3 is 2.12 bits per heavy atom. The van der Waals surface area contributed by atoms with Crippen LogP contribution >= 0.6 is 0 Å². The highest BCUT2D eigenvalue weighted by atomic mass is 32.2. The van der Waals surface area contributed by atoms with Crippen molar-refractivity contribution in [2.24, 2.45) is 22.7 Å². The summed E-state index contributed by atoms with van der Waals surface area (Å²) in [6.45, 7) is 12.0. The topological polar surface area (TPSA) is 180 Å². The Kier molecular flexibility index (Phi) is 13.6. The summed E-state index contributed by atoms with van der Waals surface area (Å²) < 4.78 is 32.4. The van der Waals surface area contributed by atoms with Crippen LogP contribution in [0.15, 0.2) is 30.3 Å². The molecule has 0 bridgehead atoms. The van der Waals surface area contributed by atoms with Crippen LogP contribution in [0.5, 0.6) is 0 Å². The van der Waals surface area contributed by atoms with Crippen molar-refractivity contribution in [1.29, 1.82) is 0 Å². The van der Waals surface area contributed by atoms with Crippen LogP contribution in [0.2, 0.25) is 0 Å². The van der Waals surface area contributed by atoms with Crippen LogP contribution in [-0.4, -0.2) is 96.2 Å². The zero-order valence-corrected chi connectivity index (χ0v) is 37.0. The fourth-order valence-corrected chi connectivity index (χ4v) is 11.7. The van der Waals surface area contributed by atoms with Crippen molar-refractivity contribution in [2.75, 3.05) is 18.9 Å². The van der Waals surface area contributed by atoms with Crippen LogP contribution in [0.1, 0.15) is 137 Å². The van der Waals surface area contributed by atoms with E-state index < -0.39 is 72.7 Å². The summed E-state index contributed by atoms with van der Waals surface area (Å²) in [6, 6.07) is 6.24. The van der Waals surface area contributed by atoms with Crippen LogP contribution in [0.25, 0.3) is 0 Å². The Labute approximate surface area is 351 Å². The molecule has 5 aliphatic rings. The molecule has 13 nitrogen and oxygen atoms in total. The Balaban J connectivity index is 1.27. The van der Waals surface area contributed by atoms with Gasteiger partial charge >= 0.3 is 6.03 Å². The molecule has 5 amide bonds. The van der Waals surface area contributed by atoms with Crippen molar-refractivity contribution in [3.05, 3.63) is 35.9 Å². The van der Waals surface area contributed by atoms with Crippen molar-refractivity contribution in [3.8, 4) is 0 Å². The van der Waals surface area contributed by atoms with Gasteiger partial charge in [0.1, 0.15) is 12.1 Å². The van der Waals surface area contributed by atoms with Crippen molar-refractivity contribution in [1.82, 2.24) is 26.2 Å². The number of urea groups is 1. The molecule has 6 atom stereocenters. The molecule has 4 N–H and O–H groups in total. The number of hydrogen-bond acceptors (Lipinski definition) is 8. The number of hydrogen-bond donors (Lipinski definition) is 4. The third-order valence-corrected chi connectivity index (χ3v) is 17.0. The van der Waals surface area contributed by atoms with Gasteiger partial charge in [0.25, 0.3) is 5.91 Å². The summed E-state index contributed by atoms with van der Waals surface area (Å²) in [7, 11) is -3.59. The first-order valence-corrected chi connectivity index (χ1v) is 23.9. The fourth-order valence-electron chi connectivity index (χ4n) is 10.1. The zero-order chi connectivity index (χ0) is 42.8. The molecule has 4 saturated carbocycles. The smallest absolute Gasteiger partial charge is 0.315 e. The first kappa shape index (κ1) is 45.0. The number of ether oxygens (including phenoxy) is 1. The van der Waals surface area contributed by atoms with E-state index in [0.29, 0.717) is 45.3 Å². The number of rotatable bonds is 17. The van der Waals surface area contributed by atoms with E-state index in [0.717, 1.165) is 56.9 Å². The van der Waals surface area contributed by atoms with Gasteiger partial charge in [0.15, 0.2) is 9.84 Å². The molecule has 5 fully saturated rings. The van der Waals surface area contributed by atoms with E-state index in [2.05, 4.69) is 28.2 Å². The third kappa shape index (κ3) is 10.2. The Morgan fingerprint density at radius 2 is 1.53 bits per heavy atom. The number of Topliss-reactive ketones (excluding diaryl/α,β-unsaturated/α-hetero) is 1. The molecule has 6 rings (SSSR count). The lowest BCUT2D eigenvalue weighted by Gasteiger charge is -2.44. The Hall–Kier alpha value is -3.52. The summed E-state index contributed by atoms with van der Waals surface area (Å²) >= 11 is 0. The van der Waals surface area contributed by atoms with E-state index in [4.69, 9.17) is 4.74 Å². The predicted molar refractivity (Wildman–Crippen MR) is 226 cm³/mol. The van der Waals surface area contributed by atoms with Crippen LogP contribution < -0.4 is 21.3 Å². The number of ketones is 1. The molecule has 0 spiro atoms. The summed E-state index contributed by atoms with van der Waals surface area (Å²) in [6.07, 6.45) is 10.2. The average Bonchev–Trinajstić information content (AvgIpc) is 4.05. The molecule has 1 aromatic carbocycles. The lowest BCUT2D eigenvalue weighted by Crippen LogP contribution is -2.65. The van der Waals surface area contributed by atoms with Crippen molar-refractivity contribution in [3.63, 3.8) is 0 Å².